The molecule has 6 nitrogen and oxygen atoms in total. The largest absolute Gasteiger partial charge is 0.461 e. The summed E-state index contributed by atoms with van der Waals surface area (Å²) < 4.78 is 6.43. The van der Waals surface area contributed by atoms with Gasteiger partial charge in [-0.1, -0.05) is 18.3 Å². The highest BCUT2D eigenvalue weighted by atomic mass is 32.1. The molecule has 0 aliphatic heterocycles. The molecule has 0 radical (unpaired) electrons. The van der Waals surface area contributed by atoms with Crippen LogP contribution in [0.25, 0.3) is 4.96 Å². The molecule has 80 valence electrons. The fourth-order valence-electron chi connectivity index (χ4n) is 1.15. The van der Waals surface area contributed by atoms with E-state index >= 15 is 0 Å². The van der Waals surface area contributed by atoms with Crippen LogP contribution in [0.15, 0.2) is 0 Å². The Morgan fingerprint density at radius 1 is 1.47 bits per heavy atom. The standard InChI is InChI=1S/C8H10N4O2S/c1-3-5-9-10-8-12(5)11-6(15-8)7(13)14-4-2/h3-4H2,1-2H3. The van der Waals surface area contributed by atoms with E-state index in [2.05, 4.69) is 15.3 Å². The topological polar surface area (TPSA) is 69.4 Å². The first-order valence-corrected chi connectivity index (χ1v) is 5.46. The highest BCUT2D eigenvalue weighted by molar-refractivity contribution is 7.18. The van der Waals surface area contributed by atoms with Crippen LogP contribution in [0.2, 0.25) is 0 Å². The summed E-state index contributed by atoms with van der Waals surface area (Å²) in [4.78, 5) is 12.0. The predicted molar refractivity (Wildman–Crippen MR) is 54.0 cm³/mol. The molecule has 2 aromatic rings. The summed E-state index contributed by atoms with van der Waals surface area (Å²) in [6, 6.07) is 0. The zero-order valence-electron chi connectivity index (χ0n) is 8.43. The normalized spacial score (nSPS) is 10.8. The summed E-state index contributed by atoms with van der Waals surface area (Å²) >= 11 is 1.19. The fourth-order valence-corrected chi connectivity index (χ4v) is 1.91. The molecule has 0 N–H and O–H groups in total. The minimum absolute atomic E-state index is 0.316. The van der Waals surface area contributed by atoms with Crippen molar-refractivity contribution in [3.63, 3.8) is 0 Å². The van der Waals surface area contributed by atoms with Crippen molar-refractivity contribution in [1.29, 1.82) is 0 Å². The van der Waals surface area contributed by atoms with Crippen LogP contribution in [0.3, 0.4) is 0 Å². The first kappa shape index (κ1) is 10.0. The molecule has 0 unspecified atom stereocenters. The van der Waals surface area contributed by atoms with E-state index in [1.165, 1.54) is 11.3 Å². The van der Waals surface area contributed by atoms with E-state index in [1.54, 1.807) is 11.4 Å². The molecule has 0 aromatic carbocycles. The Labute approximate surface area is 89.9 Å². The molecule has 0 amide bonds. The molecule has 0 aliphatic carbocycles. The molecule has 0 fully saturated rings. The molecule has 0 saturated carbocycles. The second-order valence-electron chi connectivity index (χ2n) is 2.79. The van der Waals surface area contributed by atoms with Crippen LogP contribution in [0.4, 0.5) is 0 Å². The molecular formula is C8H10N4O2S. The van der Waals surface area contributed by atoms with Crippen molar-refractivity contribution in [2.24, 2.45) is 0 Å². The van der Waals surface area contributed by atoms with Gasteiger partial charge >= 0.3 is 5.97 Å². The van der Waals surface area contributed by atoms with Crippen molar-refractivity contribution in [3.05, 3.63) is 10.8 Å². The maximum atomic E-state index is 11.4. The van der Waals surface area contributed by atoms with Crippen molar-refractivity contribution in [3.8, 4) is 0 Å². The molecule has 2 heterocycles. The average molecular weight is 226 g/mol. The monoisotopic (exact) mass is 226 g/mol. The van der Waals surface area contributed by atoms with Crippen LogP contribution in [0, 0.1) is 0 Å². The fraction of sp³-hybridized carbons (Fsp3) is 0.500. The number of hydrogen-bond donors (Lipinski definition) is 0. The molecule has 0 atom stereocenters. The number of esters is 1. The van der Waals surface area contributed by atoms with Crippen molar-refractivity contribution >= 4 is 22.3 Å². The Morgan fingerprint density at radius 2 is 2.27 bits per heavy atom. The molecule has 7 heteroatoms. The molecule has 0 aliphatic rings. The summed E-state index contributed by atoms with van der Waals surface area (Å²) in [5.41, 5.74) is 0. The zero-order chi connectivity index (χ0) is 10.8. The van der Waals surface area contributed by atoms with Gasteiger partial charge in [0.2, 0.25) is 9.97 Å². The summed E-state index contributed by atoms with van der Waals surface area (Å²) in [5, 5.41) is 12.3. The van der Waals surface area contributed by atoms with E-state index in [1.807, 2.05) is 6.92 Å². The quantitative estimate of drug-likeness (QED) is 0.728. The Morgan fingerprint density at radius 3 is 2.93 bits per heavy atom. The molecule has 0 bridgehead atoms. The van der Waals surface area contributed by atoms with Crippen LogP contribution in [-0.2, 0) is 11.2 Å². The van der Waals surface area contributed by atoms with Gasteiger partial charge in [0.15, 0.2) is 5.82 Å². The van der Waals surface area contributed by atoms with E-state index in [9.17, 15) is 4.79 Å². The molecule has 0 saturated heterocycles. The van der Waals surface area contributed by atoms with Gasteiger partial charge in [-0.3, -0.25) is 0 Å². The van der Waals surface area contributed by atoms with Gasteiger partial charge in [-0.2, -0.15) is 4.52 Å². The Hall–Kier alpha value is -1.50. The summed E-state index contributed by atoms with van der Waals surface area (Å²) in [6.45, 7) is 4.06. The van der Waals surface area contributed by atoms with Gasteiger partial charge in [-0.05, 0) is 6.92 Å². The number of hydrogen-bond acceptors (Lipinski definition) is 6. The van der Waals surface area contributed by atoms with E-state index < -0.39 is 5.97 Å². The Bertz CT molecular complexity index is 490. The average Bonchev–Trinajstić information content (AvgIpc) is 2.76. The van der Waals surface area contributed by atoms with Gasteiger partial charge in [-0.15, -0.1) is 15.3 Å². The molecule has 0 spiro atoms. The van der Waals surface area contributed by atoms with Crippen molar-refractivity contribution in [2.45, 2.75) is 20.3 Å². The first-order valence-electron chi connectivity index (χ1n) is 4.64. The van der Waals surface area contributed by atoms with E-state index in [0.29, 0.717) is 16.6 Å². The van der Waals surface area contributed by atoms with Gasteiger partial charge in [0, 0.05) is 6.42 Å². The van der Waals surface area contributed by atoms with E-state index in [0.717, 1.165) is 12.2 Å². The summed E-state index contributed by atoms with van der Waals surface area (Å²) in [5.74, 6) is 0.340. The minimum atomic E-state index is -0.407. The zero-order valence-corrected chi connectivity index (χ0v) is 9.24. The lowest BCUT2D eigenvalue weighted by atomic mass is 10.5. The van der Waals surface area contributed by atoms with Crippen LogP contribution >= 0.6 is 11.3 Å². The predicted octanol–water partition coefficient (Wildman–Crippen LogP) is 0.925. The smallest absolute Gasteiger partial charge is 0.369 e. The number of carbonyl (C=O) groups is 1. The van der Waals surface area contributed by atoms with E-state index in [4.69, 9.17) is 4.74 Å². The van der Waals surface area contributed by atoms with Crippen LogP contribution in [0.5, 0.6) is 0 Å². The Balaban J connectivity index is 2.38. The lowest BCUT2D eigenvalue weighted by Crippen LogP contribution is -2.05. The number of carbonyl (C=O) groups excluding carboxylic acids is 1. The number of aromatic nitrogens is 4. The lowest BCUT2D eigenvalue weighted by Gasteiger charge is -1.94. The highest BCUT2D eigenvalue weighted by Gasteiger charge is 2.16. The van der Waals surface area contributed by atoms with Gasteiger partial charge < -0.3 is 4.74 Å². The van der Waals surface area contributed by atoms with Gasteiger partial charge in [-0.25, -0.2) is 4.79 Å². The number of aryl methyl sites for hydroxylation is 1. The van der Waals surface area contributed by atoms with Crippen LogP contribution in [0.1, 0.15) is 29.5 Å². The summed E-state index contributed by atoms with van der Waals surface area (Å²) in [7, 11) is 0. The van der Waals surface area contributed by atoms with Gasteiger partial charge in [0.05, 0.1) is 6.61 Å². The number of fused-ring (bicyclic) bond motifs is 1. The molecular weight excluding hydrogens is 216 g/mol. The van der Waals surface area contributed by atoms with Gasteiger partial charge in [0.1, 0.15) is 0 Å². The van der Waals surface area contributed by atoms with Crippen LogP contribution in [-0.4, -0.2) is 32.4 Å². The number of ether oxygens (including phenoxy) is 1. The summed E-state index contributed by atoms with van der Waals surface area (Å²) in [6.07, 6.45) is 0.729. The third-order valence-electron chi connectivity index (χ3n) is 1.82. The maximum absolute atomic E-state index is 11.4. The third-order valence-corrected chi connectivity index (χ3v) is 2.70. The Kier molecular flexibility index (Phi) is 2.63. The maximum Gasteiger partial charge on any atom is 0.369 e. The highest BCUT2D eigenvalue weighted by Crippen LogP contribution is 2.14. The van der Waals surface area contributed by atoms with Crippen molar-refractivity contribution < 1.29 is 9.53 Å². The first-order chi connectivity index (χ1) is 7.26. The van der Waals surface area contributed by atoms with Crippen molar-refractivity contribution in [2.75, 3.05) is 6.61 Å². The number of nitrogens with zero attached hydrogens (tertiary/aromatic N) is 4. The second-order valence-corrected chi connectivity index (χ2v) is 3.75. The van der Waals surface area contributed by atoms with Crippen LogP contribution < -0.4 is 0 Å². The third kappa shape index (κ3) is 1.70. The minimum Gasteiger partial charge on any atom is -0.461 e. The second kappa shape index (κ2) is 3.93. The van der Waals surface area contributed by atoms with E-state index in [-0.39, 0.29) is 0 Å². The molecule has 2 rings (SSSR count). The van der Waals surface area contributed by atoms with Gasteiger partial charge in [0.25, 0.3) is 0 Å². The lowest BCUT2D eigenvalue weighted by molar-refractivity contribution is 0.0524. The number of rotatable bonds is 3. The molecule has 15 heavy (non-hydrogen) atoms. The van der Waals surface area contributed by atoms with Crippen molar-refractivity contribution in [1.82, 2.24) is 19.8 Å². The molecule has 2 aromatic heterocycles. The SMILES string of the molecule is CCOC(=O)c1nn2c(CC)nnc2s1.